The van der Waals surface area contributed by atoms with Crippen LogP contribution in [0, 0.1) is 5.92 Å². The molecule has 4 rings (SSSR count). The van der Waals surface area contributed by atoms with Crippen LogP contribution in [-0.2, 0) is 14.3 Å². The van der Waals surface area contributed by atoms with Crippen LogP contribution in [0.15, 0.2) is 50.4 Å². The number of Topliss-reactive ketones (excluding diaryl/α,β-unsaturated/α-hetero) is 1. The first kappa shape index (κ1) is 22.7. The third kappa shape index (κ3) is 3.90. The van der Waals surface area contributed by atoms with Gasteiger partial charge in [0.2, 0.25) is 0 Å². The van der Waals surface area contributed by atoms with Crippen LogP contribution < -0.4 is 9.47 Å². The van der Waals surface area contributed by atoms with Crippen molar-refractivity contribution in [3.63, 3.8) is 0 Å². The largest absolute Gasteiger partial charge is 0.496 e. The summed E-state index contributed by atoms with van der Waals surface area (Å²) in [7, 11) is 4.49. The maximum absolute atomic E-state index is 13.5. The number of halogens is 1. The van der Waals surface area contributed by atoms with Gasteiger partial charge in [0, 0.05) is 45.7 Å². The number of carbonyl (C=O) groups is 2. The number of ketones is 1. The highest BCUT2D eigenvalue weighted by Crippen LogP contribution is 2.50. The lowest BCUT2D eigenvalue weighted by molar-refractivity contribution is -0.143. The van der Waals surface area contributed by atoms with Gasteiger partial charge in [0.15, 0.2) is 5.78 Å². The fourth-order valence-corrected chi connectivity index (χ4v) is 5.99. The van der Waals surface area contributed by atoms with E-state index in [4.69, 9.17) is 19.2 Å². The molecule has 1 aromatic carbocycles. The molecule has 0 saturated heterocycles. The van der Waals surface area contributed by atoms with Gasteiger partial charge in [-0.3, -0.25) is 14.6 Å². The number of esters is 1. The Balaban J connectivity index is 1.91. The molecule has 1 aliphatic carbocycles. The van der Waals surface area contributed by atoms with E-state index < -0.39 is 17.8 Å². The fraction of sp³-hybridized carbons (Fsp3) is 0.375. The normalized spacial score (nSPS) is 22.8. The van der Waals surface area contributed by atoms with E-state index >= 15 is 0 Å². The first-order valence-corrected chi connectivity index (χ1v) is 11.9. The van der Waals surface area contributed by atoms with Crippen molar-refractivity contribution in [1.82, 2.24) is 0 Å². The smallest absolute Gasteiger partial charge is 0.315 e. The second-order valence-corrected chi connectivity index (χ2v) is 9.70. The zero-order valence-corrected chi connectivity index (χ0v) is 20.7. The Kier molecular flexibility index (Phi) is 6.53. The van der Waals surface area contributed by atoms with Gasteiger partial charge in [0.1, 0.15) is 17.4 Å². The quantitative estimate of drug-likeness (QED) is 0.504. The third-order valence-corrected chi connectivity index (χ3v) is 7.78. The number of methoxy groups -OCH3 is 3. The molecule has 0 spiro atoms. The van der Waals surface area contributed by atoms with Gasteiger partial charge in [-0.15, -0.1) is 11.3 Å². The van der Waals surface area contributed by atoms with Crippen LogP contribution in [0.4, 0.5) is 0 Å². The number of aliphatic imine (C=N–C) groups is 1. The Labute approximate surface area is 199 Å². The second kappa shape index (κ2) is 9.19. The van der Waals surface area contributed by atoms with Crippen molar-refractivity contribution < 1.29 is 23.8 Å². The van der Waals surface area contributed by atoms with Crippen LogP contribution >= 0.6 is 27.3 Å². The van der Waals surface area contributed by atoms with Crippen molar-refractivity contribution in [2.75, 3.05) is 21.3 Å². The molecule has 0 radical (unpaired) electrons. The summed E-state index contributed by atoms with van der Waals surface area (Å²) in [5.74, 6) is -0.472. The Morgan fingerprint density at radius 2 is 1.91 bits per heavy atom. The van der Waals surface area contributed by atoms with Crippen LogP contribution in [0.25, 0.3) is 0 Å². The first-order chi connectivity index (χ1) is 15.4. The Morgan fingerprint density at radius 1 is 1.16 bits per heavy atom. The lowest BCUT2D eigenvalue weighted by Gasteiger charge is -2.36. The van der Waals surface area contributed by atoms with E-state index in [-0.39, 0.29) is 11.7 Å². The molecule has 2 aliphatic rings. The van der Waals surface area contributed by atoms with E-state index in [0.29, 0.717) is 41.2 Å². The van der Waals surface area contributed by atoms with Gasteiger partial charge in [0.05, 0.1) is 25.8 Å². The Hall–Kier alpha value is -2.45. The molecular formula is C24H24BrNO5S. The number of hydrogen-bond acceptors (Lipinski definition) is 7. The van der Waals surface area contributed by atoms with Crippen molar-refractivity contribution in [1.29, 1.82) is 0 Å². The molecular weight excluding hydrogens is 494 g/mol. The molecule has 8 heteroatoms. The maximum atomic E-state index is 13.5. The molecule has 1 aromatic heterocycles. The highest BCUT2D eigenvalue weighted by atomic mass is 79.9. The zero-order valence-electron chi connectivity index (χ0n) is 18.3. The number of benzene rings is 1. The summed E-state index contributed by atoms with van der Waals surface area (Å²) in [5.41, 5.74) is 2.64. The summed E-state index contributed by atoms with van der Waals surface area (Å²) >= 11 is 5.14. The molecule has 168 valence electrons. The monoisotopic (exact) mass is 517 g/mol. The number of nitrogens with zero attached hydrogens (tertiary/aromatic N) is 1. The summed E-state index contributed by atoms with van der Waals surface area (Å²) in [5, 5.41) is 2.02. The lowest BCUT2D eigenvalue weighted by atomic mass is 9.69. The number of thiophene rings is 1. The Morgan fingerprint density at radius 3 is 2.53 bits per heavy atom. The molecule has 2 heterocycles. The average Bonchev–Trinajstić information content (AvgIpc) is 3.32. The van der Waals surface area contributed by atoms with Crippen LogP contribution in [0.2, 0.25) is 0 Å². The molecule has 0 saturated carbocycles. The minimum atomic E-state index is -0.722. The van der Waals surface area contributed by atoms with E-state index in [1.165, 1.54) is 12.0 Å². The number of ether oxygens (including phenoxy) is 3. The predicted octanol–water partition coefficient (Wildman–Crippen LogP) is 5.28. The number of hydrogen-bond donors (Lipinski definition) is 0. The van der Waals surface area contributed by atoms with Gasteiger partial charge in [-0.2, -0.15) is 0 Å². The van der Waals surface area contributed by atoms with Gasteiger partial charge in [-0.25, -0.2) is 0 Å². The van der Waals surface area contributed by atoms with Crippen molar-refractivity contribution in [2.45, 2.75) is 31.6 Å². The van der Waals surface area contributed by atoms with Crippen LogP contribution in [0.3, 0.4) is 0 Å². The minimum Gasteiger partial charge on any atom is -0.496 e. The van der Waals surface area contributed by atoms with E-state index in [1.807, 2.05) is 24.4 Å². The van der Waals surface area contributed by atoms with E-state index in [0.717, 1.165) is 10.2 Å². The van der Waals surface area contributed by atoms with Gasteiger partial charge < -0.3 is 14.2 Å². The summed E-state index contributed by atoms with van der Waals surface area (Å²) in [4.78, 5) is 32.4. The highest BCUT2D eigenvalue weighted by Gasteiger charge is 2.46. The summed E-state index contributed by atoms with van der Waals surface area (Å²) in [6.45, 7) is 1.82. The summed E-state index contributed by atoms with van der Waals surface area (Å²) in [6, 6.07) is 7.68. The molecule has 0 fully saturated rings. The molecule has 3 atom stereocenters. The van der Waals surface area contributed by atoms with Crippen LogP contribution in [0.1, 0.15) is 42.0 Å². The van der Waals surface area contributed by atoms with Crippen molar-refractivity contribution in [3.8, 4) is 11.5 Å². The van der Waals surface area contributed by atoms with Crippen LogP contribution in [0.5, 0.6) is 11.5 Å². The predicted molar refractivity (Wildman–Crippen MR) is 127 cm³/mol. The number of carbonyl (C=O) groups excluding carboxylic acids is 2. The average molecular weight is 518 g/mol. The maximum Gasteiger partial charge on any atom is 0.315 e. The molecule has 0 N–H and O–H groups in total. The third-order valence-electron chi connectivity index (χ3n) is 6.13. The van der Waals surface area contributed by atoms with Gasteiger partial charge >= 0.3 is 5.97 Å². The molecule has 6 nitrogen and oxygen atoms in total. The standard InChI is InChI=1S/C24H24BrNO5S/c1-12-21(24(28)31-4)22(14-10-19(30-3)15(25)11-18(14)29-2)23-16(26-12)8-13(9-17(23)27)20-6-5-7-32-20/h5-7,10-11,13,21-22H,8-9H2,1-4H3. The van der Waals surface area contributed by atoms with Crippen molar-refractivity contribution >= 4 is 44.7 Å². The van der Waals surface area contributed by atoms with E-state index in [9.17, 15) is 9.59 Å². The van der Waals surface area contributed by atoms with E-state index in [1.54, 1.807) is 31.6 Å². The van der Waals surface area contributed by atoms with E-state index in [2.05, 4.69) is 22.0 Å². The number of rotatable bonds is 5. The molecule has 0 amide bonds. The molecule has 3 unspecified atom stereocenters. The zero-order chi connectivity index (χ0) is 23.0. The second-order valence-electron chi connectivity index (χ2n) is 7.86. The van der Waals surface area contributed by atoms with Crippen molar-refractivity contribution in [3.05, 3.63) is 55.8 Å². The summed E-state index contributed by atoms with van der Waals surface area (Å²) < 4.78 is 17.0. The van der Waals surface area contributed by atoms with Gasteiger partial charge in [0.25, 0.3) is 0 Å². The lowest BCUT2D eigenvalue weighted by Crippen LogP contribution is -2.37. The Bertz CT molecular complexity index is 1120. The molecule has 2 aromatic rings. The molecule has 32 heavy (non-hydrogen) atoms. The topological polar surface area (TPSA) is 74.2 Å². The summed E-state index contributed by atoms with van der Waals surface area (Å²) in [6.07, 6.45) is 1.04. The molecule has 0 bridgehead atoms. The van der Waals surface area contributed by atoms with Crippen molar-refractivity contribution in [2.24, 2.45) is 10.9 Å². The number of allylic oxidation sites excluding steroid dienone is 2. The molecule has 1 aliphatic heterocycles. The van der Waals surface area contributed by atoms with Gasteiger partial charge in [-0.1, -0.05) is 6.07 Å². The fourth-order valence-electron chi connectivity index (χ4n) is 4.68. The first-order valence-electron chi connectivity index (χ1n) is 10.2. The highest BCUT2D eigenvalue weighted by molar-refractivity contribution is 9.10. The van der Waals surface area contributed by atoms with Crippen LogP contribution in [-0.4, -0.2) is 38.8 Å². The minimum absolute atomic E-state index is 0.00346. The van der Waals surface area contributed by atoms with Gasteiger partial charge in [-0.05, 0) is 52.9 Å². The SMILES string of the molecule is COC(=O)C1C(C)=NC2=C(C(=O)CC(c3cccs3)C2)C1c1cc(OC)c(Br)cc1OC.